The molecule has 0 aliphatic carbocycles. The average molecular weight is 414 g/mol. The number of hydrogen-bond acceptors (Lipinski definition) is 5. The van der Waals surface area contributed by atoms with E-state index in [0.717, 1.165) is 0 Å². The Kier molecular flexibility index (Phi) is 7.59. The predicted molar refractivity (Wildman–Crippen MR) is 105 cm³/mol. The van der Waals surface area contributed by atoms with E-state index in [9.17, 15) is 13.2 Å². The van der Waals surface area contributed by atoms with E-state index in [1.807, 2.05) is 24.8 Å². The summed E-state index contributed by atoms with van der Waals surface area (Å²) >= 11 is 5.96. The summed E-state index contributed by atoms with van der Waals surface area (Å²) in [7, 11) is -3.44. The Bertz CT molecular complexity index is 812. The monoisotopic (exact) mass is 413 g/mol. The Labute approximate surface area is 165 Å². The Hall–Kier alpha value is -1.70. The molecule has 0 aromatic heterocycles. The highest BCUT2D eigenvalue weighted by Gasteiger charge is 2.31. The third-order valence-corrected chi connectivity index (χ3v) is 6.93. The standard InChI is InChI=1S/C17H24ClN5O3S/c1-3-22(4-2)27(25,26)23-9-7-21(8-10-23)13-17(24)20-15-6-5-14(12-19)16(18)11-15/h5-6,11H,3-4,7-10,13H2,1-2H3,(H,20,24). The molecule has 27 heavy (non-hydrogen) atoms. The molecule has 8 nitrogen and oxygen atoms in total. The lowest BCUT2D eigenvalue weighted by Gasteiger charge is -2.35. The fraction of sp³-hybridized carbons (Fsp3) is 0.529. The minimum Gasteiger partial charge on any atom is -0.325 e. The third-order valence-electron chi connectivity index (χ3n) is 4.43. The fourth-order valence-corrected chi connectivity index (χ4v) is 4.75. The van der Waals surface area contributed by atoms with Gasteiger partial charge in [0.15, 0.2) is 0 Å². The Morgan fingerprint density at radius 3 is 2.41 bits per heavy atom. The van der Waals surface area contributed by atoms with Gasteiger partial charge in [-0.25, -0.2) is 0 Å². The Morgan fingerprint density at radius 2 is 1.89 bits per heavy atom. The molecule has 1 saturated heterocycles. The number of amides is 1. The van der Waals surface area contributed by atoms with Crippen molar-refractivity contribution in [2.75, 3.05) is 51.1 Å². The van der Waals surface area contributed by atoms with Gasteiger partial charge in [0.25, 0.3) is 10.2 Å². The smallest absolute Gasteiger partial charge is 0.282 e. The number of halogens is 1. The molecule has 1 fully saturated rings. The zero-order valence-corrected chi connectivity index (χ0v) is 17.1. The molecular formula is C17H24ClN5O3S. The van der Waals surface area contributed by atoms with Crippen LogP contribution in [0.2, 0.25) is 5.02 Å². The van der Waals surface area contributed by atoms with Crippen molar-refractivity contribution < 1.29 is 13.2 Å². The van der Waals surface area contributed by atoms with E-state index in [4.69, 9.17) is 16.9 Å². The van der Waals surface area contributed by atoms with Crippen LogP contribution in [0.4, 0.5) is 5.69 Å². The summed E-state index contributed by atoms with van der Waals surface area (Å²) in [6, 6.07) is 6.67. The number of nitriles is 1. The lowest BCUT2D eigenvalue weighted by molar-refractivity contribution is -0.117. The van der Waals surface area contributed by atoms with Crippen molar-refractivity contribution in [1.29, 1.82) is 5.26 Å². The molecule has 0 radical (unpaired) electrons. The van der Waals surface area contributed by atoms with Crippen LogP contribution in [0, 0.1) is 11.3 Å². The van der Waals surface area contributed by atoms with Gasteiger partial charge in [-0.2, -0.15) is 22.3 Å². The van der Waals surface area contributed by atoms with E-state index in [2.05, 4.69) is 5.32 Å². The van der Waals surface area contributed by atoms with E-state index in [0.29, 0.717) is 50.5 Å². The molecule has 1 aliphatic rings. The Morgan fingerprint density at radius 1 is 1.26 bits per heavy atom. The van der Waals surface area contributed by atoms with Gasteiger partial charge in [-0.3, -0.25) is 9.69 Å². The van der Waals surface area contributed by atoms with Crippen LogP contribution in [0.1, 0.15) is 19.4 Å². The van der Waals surface area contributed by atoms with E-state index in [1.165, 1.54) is 14.7 Å². The molecule has 0 atom stereocenters. The second-order valence-corrected chi connectivity index (χ2v) is 8.46. The topological polar surface area (TPSA) is 96.8 Å². The normalized spacial score (nSPS) is 16.3. The first-order valence-electron chi connectivity index (χ1n) is 8.78. The van der Waals surface area contributed by atoms with Crippen molar-refractivity contribution in [2.45, 2.75) is 13.8 Å². The highest BCUT2D eigenvalue weighted by atomic mass is 35.5. The number of hydrogen-bond donors (Lipinski definition) is 1. The highest BCUT2D eigenvalue weighted by molar-refractivity contribution is 7.86. The minimum atomic E-state index is -3.44. The summed E-state index contributed by atoms with van der Waals surface area (Å²) in [6.07, 6.45) is 0. The van der Waals surface area contributed by atoms with Gasteiger partial charge in [0.1, 0.15) is 6.07 Å². The first-order valence-corrected chi connectivity index (χ1v) is 10.6. The molecule has 1 aromatic carbocycles. The number of piperazine rings is 1. The van der Waals surface area contributed by atoms with Crippen LogP contribution in [-0.4, -0.2) is 73.6 Å². The van der Waals surface area contributed by atoms with Crippen LogP contribution < -0.4 is 5.32 Å². The maximum absolute atomic E-state index is 12.5. The fourth-order valence-electron chi connectivity index (χ4n) is 2.92. The summed E-state index contributed by atoms with van der Waals surface area (Å²) in [5, 5.41) is 11.9. The Balaban J connectivity index is 1.87. The third kappa shape index (κ3) is 5.40. The number of nitrogens with zero attached hydrogens (tertiary/aromatic N) is 4. The zero-order valence-electron chi connectivity index (χ0n) is 15.5. The van der Waals surface area contributed by atoms with Crippen LogP contribution in [-0.2, 0) is 15.0 Å². The second-order valence-electron chi connectivity index (χ2n) is 6.12. The van der Waals surface area contributed by atoms with Gasteiger partial charge in [-0.1, -0.05) is 25.4 Å². The van der Waals surface area contributed by atoms with Crippen molar-refractivity contribution in [2.24, 2.45) is 0 Å². The lowest BCUT2D eigenvalue weighted by Crippen LogP contribution is -2.54. The van der Waals surface area contributed by atoms with Crippen LogP contribution >= 0.6 is 11.6 Å². The van der Waals surface area contributed by atoms with Crippen molar-refractivity contribution in [3.63, 3.8) is 0 Å². The van der Waals surface area contributed by atoms with E-state index in [-0.39, 0.29) is 17.5 Å². The molecule has 1 aliphatic heterocycles. The molecule has 148 valence electrons. The molecule has 0 unspecified atom stereocenters. The van der Waals surface area contributed by atoms with E-state index in [1.54, 1.807) is 12.1 Å². The van der Waals surface area contributed by atoms with Crippen LogP contribution in [0.3, 0.4) is 0 Å². The maximum Gasteiger partial charge on any atom is 0.282 e. The van der Waals surface area contributed by atoms with Crippen molar-refractivity contribution >= 4 is 33.4 Å². The molecular weight excluding hydrogens is 390 g/mol. The van der Waals surface area contributed by atoms with Crippen LogP contribution in [0.25, 0.3) is 0 Å². The summed E-state index contributed by atoms with van der Waals surface area (Å²) in [4.78, 5) is 14.1. The van der Waals surface area contributed by atoms with Gasteiger partial charge in [0.05, 0.1) is 17.1 Å². The number of benzene rings is 1. The van der Waals surface area contributed by atoms with Gasteiger partial charge >= 0.3 is 0 Å². The molecule has 1 aromatic rings. The van der Waals surface area contributed by atoms with Gasteiger partial charge in [0.2, 0.25) is 5.91 Å². The van der Waals surface area contributed by atoms with Crippen molar-refractivity contribution in [3.8, 4) is 6.07 Å². The number of nitrogens with one attached hydrogen (secondary N) is 1. The van der Waals surface area contributed by atoms with E-state index >= 15 is 0 Å². The highest BCUT2D eigenvalue weighted by Crippen LogP contribution is 2.20. The minimum absolute atomic E-state index is 0.163. The van der Waals surface area contributed by atoms with Crippen LogP contribution in [0.15, 0.2) is 18.2 Å². The summed E-state index contributed by atoms with van der Waals surface area (Å²) in [6.45, 7) is 6.36. The van der Waals surface area contributed by atoms with Crippen LogP contribution in [0.5, 0.6) is 0 Å². The van der Waals surface area contributed by atoms with Crippen molar-refractivity contribution in [1.82, 2.24) is 13.5 Å². The molecule has 1 heterocycles. The average Bonchev–Trinajstić information content (AvgIpc) is 2.63. The predicted octanol–water partition coefficient (Wildman–Crippen LogP) is 1.35. The molecule has 10 heteroatoms. The molecule has 0 saturated carbocycles. The number of carbonyl (C=O) groups excluding carboxylic acids is 1. The summed E-state index contributed by atoms with van der Waals surface area (Å²) < 4.78 is 27.9. The first-order chi connectivity index (χ1) is 12.8. The summed E-state index contributed by atoms with van der Waals surface area (Å²) in [5.41, 5.74) is 0.868. The molecule has 0 bridgehead atoms. The molecule has 0 spiro atoms. The molecule has 1 N–H and O–H groups in total. The molecule has 1 amide bonds. The van der Waals surface area contributed by atoms with E-state index < -0.39 is 10.2 Å². The van der Waals surface area contributed by atoms with Gasteiger partial charge in [-0.15, -0.1) is 0 Å². The first kappa shape index (κ1) is 21.6. The van der Waals surface area contributed by atoms with Gasteiger partial charge in [-0.05, 0) is 18.2 Å². The number of anilines is 1. The number of carbonyl (C=O) groups is 1. The molecule has 2 rings (SSSR count). The largest absolute Gasteiger partial charge is 0.325 e. The number of rotatable bonds is 7. The second kappa shape index (κ2) is 9.48. The lowest BCUT2D eigenvalue weighted by atomic mass is 10.2. The zero-order chi connectivity index (χ0) is 20.0. The van der Waals surface area contributed by atoms with Gasteiger partial charge in [0, 0.05) is 45.0 Å². The van der Waals surface area contributed by atoms with Gasteiger partial charge < -0.3 is 5.32 Å². The summed E-state index contributed by atoms with van der Waals surface area (Å²) in [5.74, 6) is -0.212. The maximum atomic E-state index is 12.5. The van der Waals surface area contributed by atoms with Crippen molar-refractivity contribution in [3.05, 3.63) is 28.8 Å². The quantitative estimate of drug-likeness (QED) is 0.727. The SMILES string of the molecule is CCN(CC)S(=O)(=O)N1CCN(CC(=O)Nc2ccc(C#N)c(Cl)c2)CC1.